The van der Waals surface area contributed by atoms with Gasteiger partial charge in [0.2, 0.25) is 0 Å². The Bertz CT molecular complexity index is 343. The number of esters is 1. The zero-order valence-corrected chi connectivity index (χ0v) is 8.90. The van der Waals surface area contributed by atoms with E-state index < -0.39 is 0 Å². The molecule has 15 heavy (non-hydrogen) atoms. The van der Waals surface area contributed by atoms with Crippen LogP contribution in [0.3, 0.4) is 0 Å². The largest absolute Gasteiger partial charge is 0.469 e. The van der Waals surface area contributed by atoms with Crippen molar-refractivity contribution in [2.45, 2.75) is 13.3 Å². The number of carbonyl (C=O) groups is 2. The monoisotopic (exact) mass is 206 g/mol. The van der Waals surface area contributed by atoms with E-state index in [0.717, 1.165) is 0 Å². The highest BCUT2D eigenvalue weighted by Crippen LogP contribution is 2.10. The Hall–Kier alpha value is -1.64. The van der Waals surface area contributed by atoms with E-state index in [0.29, 0.717) is 5.56 Å². The van der Waals surface area contributed by atoms with Crippen molar-refractivity contribution in [3.63, 3.8) is 0 Å². The van der Waals surface area contributed by atoms with E-state index in [1.807, 2.05) is 6.07 Å². The van der Waals surface area contributed by atoms with Crippen molar-refractivity contribution in [1.82, 2.24) is 0 Å². The van der Waals surface area contributed by atoms with E-state index in [1.165, 1.54) is 7.11 Å². The predicted molar refractivity (Wildman–Crippen MR) is 56.6 cm³/mol. The zero-order valence-electron chi connectivity index (χ0n) is 8.90. The molecule has 80 valence electrons. The standard InChI is InChI=1S/C12H14O3/c1-9(12(14)15-2)8-11(13)10-6-4-3-5-7-10/h3-7,9H,8H2,1-2H3/t9-/m0/s1. The van der Waals surface area contributed by atoms with Crippen LogP contribution in [-0.2, 0) is 9.53 Å². The first kappa shape index (κ1) is 11.4. The minimum Gasteiger partial charge on any atom is -0.469 e. The van der Waals surface area contributed by atoms with Gasteiger partial charge in [-0.2, -0.15) is 0 Å². The van der Waals surface area contributed by atoms with Gasteiger partial charge < -0.3 is 4.74 Å². The van der Waals surface area contributed by atoms with Gasteiger partial charge in [0.15, 0.2) is 5.78 Å². The number of benzene rings is 1. The summed E-state index contributed by atoms with van der Waals surface area (Å²) >= 11 is 0. The van der Waals surface area contributed by atoms with Crippen LogP contribution in [0.15, 0.2) is 30.3 Å². The van der Waals surface area contributed by atoms with Crippen LogP contribution in [0.5, 0.6) is 0 Å². The van der Waals surface area contributed by atoms with Crippen LogP contribution in [0, 0.1) is 5.92 Å². The van der Waals surface area contributed by atoms with E-state index in [2.05, 4.69) is 4.74 Å². The zero-order chi connectivity index (χ0) is 11.3. The average molecular weight is 206 g/mol. The van der Waals surface area contributed by atoms with Gasteiger partial charge in [0.25, 0.3) is 0 Å². The summed E-state index contributed by atoms with van der Waals surface area (Å²) in [6, 6.07) is 8.94. The Morgan fingerprint density at radius 2 is 1.87 bits per heavy atom. The molecule has 0 amide bonds. The number of hydrogen-bond acceptors (Lipinski definition) is 3. The number of carbonyl (C=O) groups excluding carboxylic acids is 2. The topological polar surface area (TPSA) is 43.4 Å². The van der Waals surface area contributed by atoms with Gasteiger partial charge in [-0.05, 0) is 0 Å². The molecule has 0 saturated carbocycles. The first-order valence-electron chi connectivity index (χ1n) is 4.81. The fraction of sp³-hybridized carbons (Fsp3) is 0.333. The summed E-state index contributed by atoms with van der Waals surface area (Å²) in [5, 5.41) is 0. The van der Waals surface area contributed by atoms with Crippen LogP contribution < -0.4 is 0 Å². The van der Waals surface area contributed by atoms with Crippen LogP contribution in [0.25, 0.3) is 0 Å². The van der Waals surface area contributed by atoms with Crippen LogP contribution in [-0.4, -0.2) is 18.9 Å². The number of ketones is 1. The molecule has 0 saturated heterocycles. The molecule has 1 aromatic carbocycles. The second kappa shape index (κ2) is 5.29. The van der Waals surface area contributed by atoms with Crippen molar-refractivity contribution < 1.29 is 14.3 Å². The van der Waals surface area contributed by atoms with E-state index in [1.54, 1.807) is 31.2 Å². The lowest BCUT2D eigenvalue weighted by atomic mass is 10.00. The Balaban J connectivity index is 2.61. The Kier molecular flexibility index (Phi) is 4.03. The van der Waals surface area contributed by atoms with Gasteiger partial charge in [-0.15, -0.1) is 0 Å². The summed E-state index contributed by atoms with van der Waals surface area (Å²) in [6.07, 6.45) is 0.191. The van der Waals surface area contributed by atoms with Crippen molar-refractivity contribution in [2.75, 3.05) is 7.11 Å². The maximum Gasteiger partial charge on any atom is 0.308 e. The van der Waals surface area contributed by atoms with Gasteiger partial charge in [-0.3, -0.25) is 9.59 Å². The molecular weight excluding hydrogens is 192 g/mol. The van der Waals surface area contributed by atoms with Crippen molar-refractivity contribution in [2.24, 2.45) is 5.92 Å². The lowest BCUT2D eigenvalue weighted by Gasteiger charge is -2.07. The molecule has 1 atom stereocenters. The highest BCUT2D eigenvalue weighted by Gasteiger charge is 2.17. The molecule has 0 N–H and O–H groups in total. The van der Waals surface area contributed by atoms with E-state index >= 15 is 0 Å². The van der Waals surface area contributed by atoms with Crippen LogP contribution in [0.2, 0.25) is 0 Å². The molecule has 0 aliphatic carbocycles. The van der Waals surface area contributed by atoms with Crippen molar-refractivity contribution >= 4 is 11.8 Å². The molecule has 0 radical (unpaired) electrons. The lowest BCUT2D eigenvalue weighted by Crippen LogP contribution is -2.16. The average Bonchev–Trinajstić information content (AvgIpc) is 2.29. The third-order valence-electron chi connectivity index (χ3n) is 2.19. The molecule has 3 nitrogen and oxygen atoms in total. The fourth-order valence-corrected chi connectivity index (χ4v) is 1.30. The second-order valence-electron chi connectivity index (χ2n) is 3.42. The van der Waals surface area contributed by atoms with E-state index in [4.69, 9.17) is 0 Å². The molecular formula is C12H14O3. The molecule has 3 heteroatoms. The summed E-state index contributed by atoms with van der Waals surface area (Å²) in [6.45, 7) is 1.69. The van der Waals surface area contributed by atoms with Crippen molar-refractivity contribution in [1.29, 1.82) is 0 Å². The normalized spacial score (nSPS) is 11.9. The third kappa shape index (κ3) is 3.20. The molecule has 0 unspecified atom stereocenters. The lowest BCUT2D eigenvalue weighted by molar-refractivity contribution is -0.144. The maximum absolute atomic E-state index is 11.7. The highest BCUT2D eigenvalue weighted by molar-refractivity contribution is 5.97. The summed E-state index contributed by atoms with van der Waals surface area (Å²) in [5.74, 6) is -0.768. The van der Waals surface area contributed by atoms with Crippen LogP contribution >= 0.6 is 0 Å². The summed E-state index contributed by atoms with van der Waals surface area (Å²) < 4.78 is 4.56. The first-order chi connectivity index (χ1) is 7.15. The molecule has 0 spiro atoms. The van der Waals surface area contributed by atoms with E-state index in [9.17, 15) is 9.59 Å². The van der Waals surface area contributed by atoms with Crippen LogP contribution in [0.4, 0.5) is 0 Å². The molecule has 0 aliphatic heterocycles. The van der Waals surface area contributed by atoms with Crippen LogP contribution in [0.1, 0.15) is 23.7 Å². The second-order valence-corrected chi connectivity index (χ2v) is 3.42. The highest BCUT2D eigenvalue weighted by atomic mass is 16.5. The predicted octanol–water partition coefficient (Wildman–Crippen LogP) is 2.07. The minimum atomic E-state index is -0.386. The van der Waals surface area contributed by atoms with Gasteiger partial charge in [-0.25, -0.2) is 0 Å². The van der Waals surface area contributed by atoms with Gasteiger partial charge in [0, 0.05) is 12.0 Å². The quantitative estimate of drug-likeness (QED) is 0.559. The number of hydrogen-bond donors (Lipinski definition) is 0. The Morgan fingerprint density at radius 1 is 1.27 bits per heavy atom. The van der Waals surface area contributed by atoms with E-state index in [-0.39, 0.29) is 24.1 Å². The summed E-state index contributed by atoms with van der Waals surface area (Å²) in [7, 11) is 1.33. The molecule has 0 bridgehead atoms. The van der Waals surface area contributed by atoms with Crippen molar-refractivity contribution in [3.8, 4) is 0 Å². The first-order valence-corrected chi connectivity index (χ1v) is 4.81. The number of methoxy groups -OCH3 is 1. The number of Topliss-reactive ketones (excluding diaryl/α,β-unsaturated/α-hetero) is 1. The van der Waals surface area contributed by atoms with Gasteiger partial charge in [0.05, 0.1) is 13.0 Å². The van der Waals surface area contributed by atoms with Gasteiger partial charge >= 0.3 is 5.97 Å². The minimum absolute atomic E-state index is 0.0338. The Labute approximate surface area is 89.1 Å². The smallest absolute Gasteiger partial charge is 0.308 e. The van der Waals surface area contributed by atoms with Gasteiger partial charge in [-0.1, -0.05) is 37.3 Å². The number of rotatable bonds is 4. The Morgan fingerprint density at radius 3 is 2.40 bits per heavy atom. The third-order valence-corrected chi connectivity index (χ3v) is 2.19. The molecule has 0 heterocycles. The van der Waals surface area contributed by atoms with Crippen molar-refractivity contribution in [3.05, 3.63) is 35.9 Å². The van der Waals surface area contributed by atoms with Gasteiger partial charge in [0.1, 0.15) is 0 Å². The SMILES string of the molecule is COC(=O)[C@@H](C)CC(=O)c1ccccc1. The molecule has 0 aromatic heterocycles. The molecule has 1 rings (SSSR count). The number of ether oxygens (including phenoxy) is 1. The summed E-state index contributed by atoms with van der Waals surface area (Å²) in [4.78, 5) is 22.8. The molecule has 0 fully saturated rings. The fourth-order valence-electron chi connectivity index (χ4n) is 1.30. The molecule has 1 aromatic rings. The maximum atomic E-state index is 11.7. The summed E-state index contributed by atoms with van der Waals surface area (Å²) in [5.41, 5.74) is 0.633. The molecule has 0 aliphatic rings.